The third kappa shape index (κ3) is 5.00. The van der Waals surface area contributed by atoms with Crippen LogP contribution in [0.5, 0.6) is 0 Å². The summed E-state index contributed by atoms with van der Waals surface area (Å²) in [5, 5.41) is 5.83. The molecule has 0 aromatic heterocycles. The summed E-state index contributed by atoms with van der Waals surface area (Å²) in [4.78, 5) is 23.1. The van der Waals surface area contributed by atoms with Crippen LogP contribution in [0.25, 0.3) is 0 Å². The molecule has 2 amide bonds. The van der Waals surface area contributed by atoms with Crippen LogP contribution >= 0.6 is 11.6 Å². The smallest absolute Gasteiger partial charge is 0.407 e. The largest absolute Gasteiger partial charge is 0.453 e. The summed E-state index contributed by atoms with van der Waals surface area (Å²) in [6.45, 7) is -0.170. The zero-order valence-electron chi connectivity index (χ0n) is 12.6. The molecule has 0 aliphatic carbocycles. The summed E-state index contributed by atoms with van der Waals surface area (Å²) in [7, 11) is 1.24. The number of methoxy groups -OCH3 is 1. The second-order valence-corrected chi connectivity index (χ2v) is 5.25. The van der Waals surface area contributed by atoms with E-state index in [2.05, 4.69) is 15.4 Å². The number of carbonyl (C=O) groups excluding carboxylic acids is 2. The molecule has 0 fully saturated rings. The molecule has 2 N–H and O–H groups in total. The average Bonchev–Trinajstić information content (AvgIpc) is 2.58. The Hall–Kier alpha value is -2.53. The molecule has 0 saturated heterocycles. The zero-order valence-corrected chi connectivity index (χ0v) is 13.3. The van der Waals surface area contributed by atoms with Crippen molar-refractivity contribution in [3.8, 4) is 0 Å². The molecule has 1 atom stereocenters. The highest BCUT2D eigenvalue weighted by molar-refractivity contribution is 6.30. The number of hydrogen-bond donors (Lipinski definition) is 2. The van der Waals surface area contributed by atoms with Gasteiger partial charge in [0.15, 0.2) is 0 Å². The lowest BCUT2D eigenvalue weighted by Gasteiger charge is -2.20. The molecule has 0 bridgehead atoms. The average molecular weight is 333 g/mol. The molecule has 5 nitrogen and oxygen atoms in total. The standard InChI is InChI=1S/C17H17ClN2O3/c1-23-17(22)19-11-15(21)20-16(12-6-3-2-4-7-12)13-8-5-9-14(18)10-13/h2-10,16H,11H2,1H3,(H,19,22)(H,20,21). The van der Waals surface area contributed by atoms with Crippen LogP contribution in [0, 0.1) is 0 Å². The fourth-order valence-electron chi connectivity index (χ4n) is 2.13. The molecule has 23 heavy (non-hydrogen) atoms. The SMILES string of the molecule is COC(=O)NCC(=O)NC(c1ccccc1)c1cccc(Cl)c1. The van der Waals surface area contributed by atoms with Crippen LogP contribution < -0.4 is 10.6 Å². The van der Waals surface area contributed by atoms with Gasteiger partial charge in [0.05, 0.1) is 13.2 Å². The Morgan fingerprint density at radius 3 is 2.43 bits per heavy atom. The van der Waals surface area contributed by atoms with Crippen molar-refractivity contribution < 1.29 is 14.3 Å². The van der Waals surface area contributed by atoms with Crippen molar-refractivity contribution in [2.24, 2.45) is 0 Å². The van der Waals surface area contributed by atoms with Gasteiger partial charge in [0.25, 0.3) is 0 Å². The van der Waals surface area contributed by atoms with Gasteiger partial charge in [-0.3, -0.25) is 4.79 Å². The van der Waals surface area contributed by atoms with Crippen LogP contribution in [0.3, 0.4) is 0 Å². The maximum Gasteiger partial charge on any atom is 0.407 e. The van der Waals surface area contributed by atoms with Crippen LogP contribution in [0.2, 0.25) is 5.02 Å². The van der Waals surface area contributed by atoms with Gasteiger partial charge in [-0.25, -0.2) is 4.79 Å². The molecule has 0 radical (unpaired) electrons. The Morgan fingerprint density at radius 1 is 1.09 bits per heavy atom. The summed E-state index contributed by atoms with van der Waals surface area (Å²) in [5.74, 6) is -0.329. The Balaban J connectivity index is 2.18. The summed E-state index contributed by atoms with van der Waals surface area (Å²) in [5.41, 5.74) is 1.77. The van der Waals surface area contributed by atoms with Gasteiger partial charge in [-0.2, -0.15) is 0 Å². The van der Waals surface area contributed by atoms with Gasteiger partial charge in [-0.05, 0) is 23.3 Å². The van der Waals surface area contributed by atoms with Crippen LogP contribution in [0.15, 0.2) is 54.6 Å². The predicted molar refractivity (Wildman–Crippen MR) is 88.3 cm³/mol. The number of rotatable bonds is 5. The molecular weight excluding hydrogens is 316 g/mol. The summed E-state index contributed by atoms with van der Waals surface area (Å²) in [6.07, 6.45) is -0.654. The number of hydrogen-bond acceptors (Lipinski definition) is 3. The first-order valence-corrected chi connectivity index (χ1v) is 7.39. The molecule has 2 rings (SSSR count). The van der Waals surface area contributed by atoms with Crippen LogP contribution in [0.4, 0.5) is 4.79 Å². The highest BCUT2D eigenvalue weighted by atomic mass is 35.5. The van der Waals surface area contributed by atoms with Crippen molar-refractivity contribution in [1.29, 1.82) is 0 Å². The van der Waals surface area contributed by atoms with E-state index in [1.807, 2.05) is 42.5 Å². The van der Waals surface area contributed by atoms with Crippen LogP contribution in [-0.2, 0) is 9.53 Å². The van der Waals surface area contributed by atoms with E-state index in [4.69, 9.17) is 11.6 Å². The lowest BCUT2D eigenvalue weighted by molar-refractivity contribution is -0.120. The minimum absolute atomic E-state index is 0.170. The zero-order chi connectivity index (χ0) is 16.7. The molecule has 0 saturated carbocycles. The second kappa shape index (κ2) is 8.19. The van der Waals surface area contributed by atoms with Gasteiger partial charge in [0.2, 0.25) is 5.91 Å². The quantitative estimate of drug-likeness (QED) is 0.884. The fraction of sp³-hybridized carbons (Fsp3) is 0.176. The molecule has 120 valence electrons. The van der Waals surface area contributed by atoms with E-state index in [1.165, 1.54) is 7.11 Å². The number of alkyl carbamates (subject to hydrolysis) is 1. The number of halogens is 1. The van der Waals surface area contributed by atoms with Gasteiger partial charge in [-0.15, -0.1) is 0 Å². The van der Waals surface area contributed by atoms with Crippen molar-refractivity contribution in [1.82, 2.24) is 10.6 Å². The van der Waals surface area contributed by atoms with Gasteiger partial charge in [0.1, 0.15) is 6.54 Å². The predicted octanol–water partition coefficient (Wildman–Crippen LogP) is 2.90. The van der Waals surface area contributed by atoms with E-state index in [-0.39, 0.29) is 18.5 Å². The normalized spacial score (nSPS) is 11.4. The van der Waals surface area contributed by atoms with Gasteiger partial charge in [-0.1, -0.05) is 54.1 Å². The van der Waals surface area contributed by atoms with Crippen molar-refractivity contribution in [2.45, 2.75) is 6.04 Å². The van der Waals surface area contributed by atoms with Crippen LogP contribution in [0.1, 0.15) is 17.2 Å². The minimum Gasteiger partial charge on any atom is -0.453 e. The first-order chi connectivity index (χ1) is 11.1. The fourth-order valence-corrected chi connectivity index (χ4v) is 2.33. The molecule has 0 heterocycles. The number of ether oxygens (including phenoxy) is 1. The second-order valence-electron chi connectivity index (χ2n) is 4.81. The number of amides is 2. The maximum atomic E-state index is 12.1. The summed E-state index contributed by atoms with van der Waals surface area (Å²) >= 11 is 6.05. The van der Waals surface area contributed by atoms with Gasteiger partial charge >= 0.3 is 6.09 Å². The van der Waals surface area contributed by atoms with Crippen molar-refractivity contribution >= 4 is 23.6 Å². The van der Waals surface area contributed by atoms with E-state index < -0.39 is 6.09 Å². The summed E-state index contributed by atoms with van der Waals surface area (Å²) in [6, 6.07) is 16.4. The molecule has 1 unspecified atom stereocenters. The first-order valence-electron chi connectivity index (χ1n) is 7.01. The van der Waals surface area contributed by atoms with Crippen molar-refractivity contribution in [3.63, 3.8) is 0 Å². The van der Waals surface area contributed by atoms with E-state index in [1.54, 1.807) is 12.1 Å². The minimum atomic E-state index is -0.654. The van der Waals surface area contributed by atoms with Gasteiger partial charge in [0, 0.05) is 5.02 Å². The molecule has 2 aromatic carbocycles. The maximum absolute atomic E-state index is 12.1. The highest BCUT2D eigenvalue weighted by Gasteiger charge is 2.17. The Morgan fingerprint density at radius 2 is 1.78 bits per heavy atom. The Kier molecular flexibility index (Phi) is 6.00. The third-order valence-corrected chi connectivity index (χ3v) is 3.43. The topological polar surface area (TPSA) is 67.4 Å². The van der Waals surface area contributed by atoms with Crippen molar-refractivity contribution in [2.75, 3.05) is 13.7 Å². The monoisotopic (exact) mass is 332 g/mol. The Bertz CT molecular complexity index is 677. The number of carbonyl (C=O) groups is 2. The lowest BCUT2D eigenvalue weighted by atomic mass is 9.98. The van der Waals surface area contributed by atoms with E-state index in [9.17, 15) is 9.59 Å². The molecule has 0 aliphatic rings. The lowest BCUT2D eigenvalue weighted by Crippen LogP contribution is -2.38. The molecule has 2 aromatic rings. The Labute approximate surface area is 139 Å². The number of nitrogens with one attached hydrogen (secondary N) is 2. The van der Waals surface area contributed by atoms with E-state index in [0.29, 0.717) is 5.02 Å². The van der Waals surface area contributed by atoms with Gasteiger partial charge < -0.3 is 15.4 Å². The molecule has 0 spiro atoms. The van der Waals surface area contributed by atoms with Crippen molar-refractivity contribution in [3.05, 3.63) is 70.7 Å². The first kappa shape index (κ1) is 16.8. The molecular formula is C17H17ClN2O3. The number of benzene rings is 2. The highest BCUT2D eigenvalue weighted by Crippen LogP contribution is 2.24. The third-order valence-electron chi connectivity index (χ3n) is 3.20. The van der Waals surface area contributed by atoms with Crippen LogP contribution in [-0.4, -0.2) is 25.7 Å². The molecule has 0 aliphatic heterocycles. The molecule has 6 heteroatoms. The van der Waals surface area contributed by atoms with E-state index >= 15 is 0 Å². The summed E-state index contributed by atoms with van der Waals surface area (Å²) < 4.78 is 4.44. The van der Waals surface area contributed by atoms with E-state index in [0.717, 1.165) is 11.1 Å².